The van der Waals surface area contributed by atoms with Gasteiger partial charge in [0.2, 0.25) is 0 Å². The third-order valence-electron chi connectivity index (χ3n) is 2.65. The molecule has 0 radical (unpaired) electrons. The fourth-order valence-corrected chi connectivity index (χ4v) is 2.16. The van der Waals surface area contributed by atoms with Crippen LogP contribution < -0.4 is 0 Å². The molecule has 0 saturated carbocycles. The second kappa shape index (κ2) is 8.21. The first-order valence-corrected chi connectivity index (χ1v) is 6.95. The Morgan fingerprint density at radius 1 is 1.33 bits per heavy atom. The van der Waals surface area contributed by atoms with E-state index in [1.54, 1.807) is 6.07 Å². The van der Waals surface area contributed by atoms with Gasteiger partial charge in [0.15, 0.2) is 0 Å². The summed E-state index contributed by atoms with van der Waals surface area (Å²) in [5.41, 5.74) is 0.904. The van der Waals surface area contributed by atoms with Crippen LogP contribution in [0.2, 0.25) is 0 Å². The summed E-state index contributed by atoms with van der Waals surface area (Å²) in [6.45, 7) is 3.28. The Morgan fingerprint density at radius 2 is 2.11 bits per heavy atom. The lowest BCUT2D eigenvalue weighted by molar-refractivity contribution is -0.385. The molecule has 1 aromatic rings. The Balaban J connectivity index is 2.43. The predicted octanol–water partition coefficient (Wildman–Crippen LogP) is 4.45. The van der Waals surface area contributed by atoms with Gasteiger partial charge in [0.05, 0.1) is 11.5 Å². The number of hydrogen-bond donors (Lipinski definition) is 0. The molecule has 0 atom stereocenters. The molecule has 0 unspecified atom stereocenters. The Kier molecular flexibility index (Phi) is 6.90. The zero-order valence-electron chi connectivity index (χ0n) is 10.5. The molecule has 0 fully saturated rings. The van der Waals surface area contributed by atoms with Gasteiger partial charge >= 0.3 is 0 Å². The number of halogens is 1. The van der Waals surface area contributed by atoms with Crippen LogP contribution in [0, 0.1) is 10.1 Å². The topological polar surface area (TPSA) is 52.4 Å². The van der Waals surface area contributed by atoms with Gasteiger partial charge in [0.25, 0.3) is 5.69 Å². The molecule has 4 nitrogen and oxygen atoms in total. The zero-order chi connectivity index (χ0) is 13.4. The quantitative estimate of drug-likeness (QED) is 0.404. The number of nitrogens with zero attached hydrogens (tertiary/aromatic N) is 1. The summed E-state index contributed by atoms with van der Waals surface area (Å²) in [7, 11) is 0. The number of benzene rings is 1. The van der Waals surface area contributed by atoms with E-state index in [0.29, 0.717) is 17.7 Å². The fourth-order valence-electron chi connectivity index (χ4n) is 1.63. The minimum absolute atomic E-state index is 0.0853. The van der Waals surface area contributed by atoms with Crippen LogP contribution in [0.25, 0.3) is 0 Å². The Labute approximate surface area is 116 Å². The largest absolute Gasteiger partial charge is 0.377 e. The van der Waals surface area contributed by atoms with Crippen molar-refractivity contribution in [1.29, 1.82) is 0 Å². The number of nitro benzene ring substituents is 1. The number of nitro groups is 1. The van der Waals surface area contributed by atoms with Gasteiger partial charge in [-0.1, -0.05) is 38.3 Å². The number of ether oxygens (including phenoxy) is 1. The van der Waals surface area contributed by atoms with Crippen molar-refractivity contribution in [3.8, 4) is 0 Å². The number of hydrogen-bond acceptors (Lipinski definition) is 3. The Bertz CT molecular complexity index is 396. The predicted molar refractivity (Wildman–Crippen MR) is 74.6 cm³/mol. The van der Waals surface area contributed by atoms with Crippen LogP contribution in [0.4, 0.5) is 5.69 Å². The number of unbranched alkanes of at least 4 members (excludes halogenated alkanes) is 3. The van der Waals surface area contributed by atoms with Crippen LogP contribution in [0.15, 0.2) is 22.7 Å². The maximum atomic E-state index is 10.8. The van der Waals surface area contributed by atoms with E-state index in [1.807, 2.05) is 6.07 Å². The summed E-state index contributed by atoms with van der Waals surface area (Å²) in [6, 6.07) is 5.00. The molecule has 0 aliphatic heterocycles. The maximum absolute atomic E-state index is 10.8. The molecule has 5 heteroatoms. The van der Waals surface area contributed by atoms with Crippen LogP contribution >= 0.6 is 15.9 Å². The van der Waals surface area contributed by atoms with Crippen LogP contribution in [0.5, 0.6) is 0 Å². The van der Waals surface area contributed by atoms with E-state index in [-0.39, 0.29) is 5.69 Å². The van der Waals surface area contributed by atoms with E-state index < -0.39 is 4.92 Å². The summed E-state index contributed by atoms with van der Waals surface area (Å²) in [5, 5.41) is 10.8. The third kappa shape index (κ3) is 4.74. The Morgan fingerprint density at radius 3 is 2.78 bits per heavy atom. The lowest BCUT2D eigenvalue weighted by atomic mass is 10.2. The molecule has 0 aliphatic carbocycles. The van der Waals surface area contributed by atoms with Gasteiger partial charge in [-0.15, -0.1) is 0 Å². The fraction of sp³-hybridized carbons (Fsp3) is 0.538. The van der Waals surface area contributed by atoms with Crippen LogP contribution in [-0.4, -0.2) is 11.5 Å². The summed E-state index contributed by atoms with van der Waals surface area (Å²) in [5.74, 6) is 0. The molecule has 100 valence electrons. The molecule has 0 saturated heterocycles. The second-order valence-electron chi connectivity index (χ2n) is 4.12. The van der Waals surface area contributed by atoms with Crippen molar-refractivity contribution >= 4 is 21.6 Å². The van der Waals surface area contributed by atoms with Crippen molar-refractivity contribution in [1.82, 2.24) is 0 Å². The van der Waals surface area contributed by atoms with E-state index in [0.717, 1.165) is 12.0 Å². The standard InChI is InChI=1S/C13H18BrNO3/c1-2-3-4-5-9-18-10-11-7-6-8-12(13(11)14)15(16)17/h6-8H,2-5,9-10H2,1H3. The van der Waals surface area contributed by atoms with Crippen molar-refractivity contribution in [2.45, 2.75) is 39.2 Å². The van der Waals surface area contributed by atoms with Gasteiger partial charge in [-0.05, 0) is 27.9 Å². The molecule has 0 N–H and O–H groups in total. The highest BCUT2D eigenvalue weighted by Gasteiger charge is 2.14. The first-order chi connectivity index (χ1) is 8.66. The summed E-state index contributed by atoms with van der Waals surface area (Å²) in [4.78, 5) is 10.4. The smallest absolute Gasteiger partial charge is 0.283 e. The van der Waals surface area contributed by atoms with E-state index in [9.17, 15) is 10.1 Å². The normalized spacial score (nSPS) is 10.6. The third-order valence-corrected chi connectivity index (χ3v) is 3.57. The molecule has 0 amide bonds. The van der Waals surface area contributed by atoms with Crippen molar-refractivity contribution in [2.24, 2.45) is 0 Å². The zero-order valence-corrected chi connectivity index (χ0v) is 12.1. The molecule has 1 aromatic carbocycles. The average Bonchev–Trinajstić information content (AvgIpc) is 2.35. The maximum Gasteiger partial charge on any atom is 0.283 e. The van der Waals surface area contributed by atoms with Crippen LogP contribution in [0.3, 0.4) is 0 Å². The van der Waals surface area contributed by atoms with Crippen LogP contribution in [0.1, 0.15) is 38.2 Å². The average molecular weight is 316 g/mol. The highest BCUT2D eigenvalue weighted by Crippen LogP contribution is 2.28. The summed E-state index contributed by atoms with van der Waals surface area (Å²) >= 11 is 3.25. The summed E-state index contributed by atoms with van der Waals surface area (Å²) < 4.78 is 6.05. The minimum Gasteiger partial charge on any atom is -0.377 e. The molecule has 0 aromatic heterocycles. The Hall–Kier alpha value is -0.940. The van der Waals surface area contributed by atoms with Gasteiger partial charge < -0.3 is 4.74 Å². The molecular weight excluding hydrogens is 298 g/mol. The highest BCUT2D eigenvalue weighted by atomic mass is 79.9. The number of rotatable bonds is 8. The van der Waals surface area contributed by atoms with E-state index in [2.05, 4.69) is 22.9 Å². The monoisotopic (exact) mass is 315 g/mol. The molecule has 1 rings (SSSR count). The lowest BCUT2D eigenvalue weighted by Gasteiger charge is -2.06. The van der Waals surface area contributed by atoms with E-state index in [1.165, 1.54) is 25.3 Å². The molecule has 0 spiro atoms. The van der Waals surface area contributed by atoms with Crippen molar-refractivity contribution in [2.75, 3.05) is 6.61 Å². The van der Waals surface area contributed by atoms with Gasteiger partial charge in [0, 0.05) is 12.7 Å². The molecule has 18 heavy (non-hydrogen) atoms. The van der Waals surface area contributed by atoms with Crippen molar-refractivity contribution in [3.63, 3.8) is 0 Å². The van der Waals surface area contributed by atoms with Gasteiger partial charge in [0.1, 0.15) is 4.47 Å². The molecule has 0 heterocycles. The van der Waals surface area contributed by atoms with Crippen molar-refractivity contribution < 1.29 is 9.66 Å². The van der Waals surface area contributed by atoms with Gasteiger partial charge in [-0.3, -0.25) is 10.1 Å². The van der Waals surface area contributed by atoms with Gasteiger partial charge in [-0.25, -0.2) is 0 Å². The van der Waals surface area contributed by atoms with E-state index >= 15 is 0 Å². The lowest BCUT2D eigenvalue weighted by Crippen LogP contribution is -1.98. The van der Waals surface area contributed by atoms with Crippen molar-refractivity contribution in [3.05, 3.63) is 38.3 Å². The molecule has 0 bridgehead atoms. The molecular formula is C13H18BrNO3. The second-order valence-corrected chi connectivity index (χ2v) is 4.91. The molecule has 0 aliphatic rings. The minimum atomic E-state index is -0.394. The van der Waals surface area contributed by atoms with E-state index in [4.69, 9.17) is 4.74 Å². The van der Waals surface area contributed by atoms with Crippen LogP contribution in [-0.2, 0) is 11.3 Å². The SMILES string of the molecule is CCCCCCOCc1cccc([N+](=O)[O-])c1Br. The first kappa shape index (κ1) is 15.1. The summed E-state index contributed by atoms with van der Waals surface area (Å²) in [6.07, 6.45) is 4.65. The van der Waals surface area contributed by atoms with Gasteiger partial charge in [-0.2, -0.15) is 0 Å². The highest BCUT2D eigenvalue weighted by molar-refractivity contribution is 9.10. The first-order valence-electron chi connectivity index (χ1n) is 6.16.